The van der Waals surface area contributed by atoms with E-state index in [4.69, 9.17) is 28.4 Å². The summed E-state index contributed by atoms with van der Waals surface area (Å²) in [6.45, 7) is 9.37. The lowest BCUT2D eigenvalue weighted by Crippen LogP contribution is -2.14. The molecule has 0 radical (unpaired) electrons. The van der Waals surface area contributed by atoms with Gasteiger partial charge < -0.3 is 28.4 Å². The number of rotatable bonds is 18. The van der Waals surface area contributed by atoms with Crippen LogP contribution in [-0.2, 0) is 33.2 Å². The van der Waals surface area contributed by atoms with E-state index in [1.165, 1.54) is 6.92 Å². The molecule has 0 atom stereocenters. The molecule has 0 saturated carbocycles. The van der Waals surface area contributed by atoms with Gasteiger partial charge in [0.25, 0.3) is 0 Å². The summed E-state index contributed by atoms with van der Waals surface area (Å²) >= 11 is 0. The molecule has 0 spiro atoms. The van der Waals surface area contributed by atoms with Gasteiger partial charge in [0.15, 0.2) is 0 Å². The molecule has 138 valence electrons. The van der Waals surface area contributed by atoms with Crippen LogP contribution in [0.25, 0.3) is 0 Å². The van der Waals surface area contributed by atoms with E-state index in [0.717, 1.165) is 19.4 Å². The van der Waals surface area contributed by atoms with Crippen LogP contribution in [0.1, 0.15) is 26.7 Å². The lowest BCUT2D eigenvalue weighted by Gasteiger charge is -2.08. The summed E-state index contributed by atoms with van der Waals surface area (Å²) in [5.41, 5.74) is 0. The Bertz CT molecular complexity index is 249. The molecule has 0 aliphatic heterocycles. The van der Waals surface area contributed by atoms with Crippen molar-refractivity contribution in [2.24, 2.45) is 0 Å². The van der Waals surface area contributed by atoms with Crippen molar-refractivity contribution >= 4 is 5.97 Å². The zero-order valence-corrected chi connectivity index (χ0v) is 14.6. The first-order valence-electron chi connectivity index (χ1n) is 8.29. The van der Waals surface area contributed by atoms with Gasteiger partial charge in [0.1, 0.15) is 6.61 Å². The molecule has 0 bridgehead atoms. The van der Waals surface area contributed by atoms with Gasteiger partial charge in [0.05, 0.1) is 59.5 Å². The van der Waals surface area contributed by atoms with Crippen molar-refractivity contribution in [2.75, 3.05) is 72.7 Å². The third-order valence-electron chi connectivity index (χ3n) is 2.66. The van der Waals surface area contributed by atoms with Gasteiger partial charge in [-0.2, -0.15) is 0 Å². The Morgan fingerprint density at radius 1 is 0.609 bits per heavy atom. The molecule has 0 aromatic carbocycles. The SMILES string of the molecule is CCCCOCCOCCOCCOCCOCCOC(C)=O. The second kappa shape index (κ2) is 19.3. The number of carbonyl (C=O) groups is 1. The lowest BCUT2D eigenvalue weighted by atomic mass is 10.4. The van der Waals surface area contributed by atoms with Crippen molar-refractivity contribution in [3.63, 3.8) is 0 Å². The van der Waals surface area contributed by atoms with Crippen LogP contribution in [0.5, 0.6) is 0 Å². The highest BCUT2D eigenvalue weighted by Crippen LogP contribution is 1.88. The Hall–Kier alpha value is -0.730. The van der Waals surface area contributed by atoms with Gasteiger partial charge in [-0.05, 0) is 6.42 Å². The summed E-state index contributed by atoms with van der Waals surface area (Å²) < 4.78 is 31.4. The van der Waals surface area contributed by atoms with E-state index in [1.54, 1.807) is 0 Å². The quantitative estimate of drug-likeness (QED) is 0.277. The largest absolute Gasteiger partial charge is 0.463 e. The standard InChI is InChI=1S/C16H32O7/c1-3-4-5-18-6-7-19-8-9-20-10-11-21-12-13-22-14-15-23-16(2)17/h3-15H2,1-2H3. The number of hydrogen-bond donors (Lipinski definition) is 0. The number of ether oxygens (including phenoxy) is 6. The minimum atomic E-state index is -0.296. The molecule has 0 saturated heterocycles. The van der Waals surface area contributed by atoms with Crippen LogP contribution in [0.15, 0.2) is 0 Å². The fourth-order valence-electron chi connectivity index (χ4n) is 1.47. The summed E-state index contributed by atoms with van der Waals surface area (Å²) in [6.07, 6.45) is 2.25. The highest BCUT2D eigenvalue weighted by molar-refractivity contribution is 5.65. The van der Waals surface area contributed by atoms with Crippen molar-refractivity contribution in [3.05, 3.63) is 0 Å². The molecule has 0 N–H and O–H groups in total. The number of esters is 1. The smallest absolute Gasteiger partial charge is 0.302 e. The van der Waals surface area contributed by atoms with E-state index in [9.17, 15) is 4.79 Å². The first-order valence-corrected chi connectivity index (χ1v) is 8.29. The Morgan fingerprint density at radius 3 is 1.30 bits per heavy atom. The molecule has 0 aromatic heterocycles. The zero-order valence-electron chi connectivity index (χ0n) is 14.6. The molecular weight excluding hydrogens is 304 g/mol. The van der Waals surface area contributed by atoms with Gasteiger partial charge in [0, 0.05) is 13.5 Å². The van der Waals surface area contributed by atoms with Crippen molar-refractivity contribution in [1.82, 2.24) is 0 Å². The maximum Gasteiger partial charge on any atom is 0.302 e. The second-order valence-electron chi connectivity index (χ2n) is 4.76. The molecule has 0 aliphatic carbocycles. The van der Waals surface area contributed by atoms with Gasteiger partial charge in [-0.3, -0.25) is 4.79 Å². The van der Waals surface area contributed by atoms with E-state index in [1.807, 2.05) is 0 Å². The van der Waals surface area contributed by atoms with Gasteiger partial charge in [-0.25, -0.2) is 0 Å². The van der Waals surface area contributed by atoms with Gasteiger partial charge in [0.2, 0.25) is 0 Å². The molecule has 0 aliphatic rings. The molecule has 0 fully saturated rings. The summed E-state index contributed by atoms with van der Waals surface area (Å²) in [7, 11) is 0. The maximum absolute atomic E-state index is 10.5. The van der Waals surface area contributed by atoms with Crippen LogP contribution in [-0.4, -0.2) is 78.6 Å². The number of hydrogen-bond acceptors (Lipinski definition) is 7. The first-order chi connectivity index (χ1) is 11.3. The molecule has 0 aromatic rings. The van der Waals surface area contributed by atoms with Gasteiger partial charge in [-0.15, -0.1) is 0 Å². The van der Waals surface area contributed by atoms with Gasteiger partial charge in [-0.1, -0.05) is 13.3 Å². The van der Waals surface area contributed by atoms with Crippen LogP contribution in [0.2, 0.25) is 0 Å². The summed E-state index contributed by atoms with van der Waals surface area (Å²) in [4.78, 5) is 10.5. The fraction of sp³-hybridized carbons (Fsp3) is 0.938. The van der Waals surface area contributed by atoms with E-state index in [0.29, 0.717) is 59.5 Å². The third kappa shape index (κ3) is 21.3. The Balaban J connectivity index is 2.96. The lowest BCUT2D eigenvalue weighted by molar-refractivity contribution is -0.142. The average Bonchev–Trinajstić information content (AvgIpc) is 2.53. The van der Waals surface area contributed by atoms with Crippen molar-refractivity contribution < 1.29 is 33.2 Å². The topological polar surface area (TPSA) is 72.5 Å². The van der Waals surface area contributed by atoms with E-state index >= 15 is 0 Å². The Kier molecular flexibility index (Phi) is 18.7. The van der Waals surface area contributed by atoms with Crippen LogP contribution in [0, 0.1) is 0 Å². The Labute approximate surface area is 139 Å². The molecule has 0 unspecified atom stereocenters. The summed E-state index contributed by atoms with van der Waals surface area (Å²) in [5, 5.41) is 0. The van der Waals surface area contributed by atoms with Crippen LogP contribution in [0.4, 0.5) is 0 Å². The summed E-state index contributed by atoms with van der Waals surface area (Å²) in [6, 6.07) is 0. The fourth-order valence-corrected chi connectivity index (χ4v) is 1.47. The van der Waals surface area contributed by atoms with Crippen LogP contribution >= 0.6 is 0 Å². The summed E-state index contributed by atoms with van der Waals surface area (Å²) in [5.74, 6) is -0.296. The van der Waals surface area contributed by atoms with Gasteiger partial charge >= 0.3 is 5.97 Å². The van der Waals surface area contributed by atoms with Crippen LogP contribution in [0.3, 0.4) is 0 Å². The van der Waals surface area contributed by atoms with Crippen molar-refractivity contribution in [1.29, 1.82) is 0 Å². The molecule has 7 heteroatoms. The predicted molar refractivity (Wildman–Crippen MR) is 85.6 cm³/mol. The third-order valence-corrected chi connectivity index (χ3v) is 2.66. The first kappa shape index (κ1) is 22.3. The molecule has 0 heterocycles. The average molecular weight is 336 g/mol. The molecular formula is C16H32O7. The molecule has 23 heavy (non-hydrogen) atoms. The highest BCUT2D eigenvalue weighted by Gasteiger charge is 1.94. The van der Waals surface area contributed by atoms with E-state index in [2.05, 4.69) is 6.92 Å². The monoisotopic (exact) mass is 336 g/mol. The molecule has 0 amide bonds. The minimum Gasteiger partial charge on any atom is -0.463 e. The predicted octanol–water partition coefficient (Wildman–Crippen LogP) is 1.43. The second-order valence-corrected chi connectivity index (χ2v) is 4.76. The zero-order chi connectivity index (χ0) is 17.0. The number of unbranched alkanes of at least 4 members (excludes halogenated alkanes) is 1. The normalized spacial score (nSPS) is 10.9. The molecule has 0 rings (SSSR count). The van der Waals surface area contributed by atoms with Crippen molar-refractivity contribution in [2.45, 2.75) is 26.7 Å². The van der Waals surface area contributed by atoms with Crippen molar-refractivity contribution in [3.8, 4) is 0 Å². The molecule has 7 nitrogen and oxygen atoms in total. The highest BCUT2D eigenvalue weighted by atomic mass is 16.6. The van der Waals surface area contributed by atoms with E-state index in [-0.39, 0.29) is 12.6 Å². The number of carbonyl (C=O) groups excluding carboxylic acids is 1. The maximum atomic E-state index is 10.5. The minimum absolute atomic E-state index is 0.280. The van der Waals surface area contributed by atoms with E-state index < -0.39 is 0 Å². The van der Waals surface area contributed by atoms with Crippen LogP contribution < -0.4 is 0 Å². The Morgan fingerprint density at radius 2 is 0.957 bits per heavy atom.